The van der Waals surface area contributed by atoms with Gasteiger partial charge in [-0.25, -0.2) is 9.97 Å². The van der Waals surface area contributed by atoms with Gasteiger partial charge in [-0.2, -0.15) is 0 Å². The first-order chi connectivity index (χ1) is 5.63. The normalized spacial score (nSPS) is 8.25. The molecule has 0 radical (unpaired) electrons. The van der Waals surface area contributed by atoms with E-state index in [1.54, 1.807) is 0 Å². The van der Waals surface area contributed by atoms with E-state index in [9.17, 15) is 0 Å². The molecule has 1 heterocycles. The van der Waals surface area contributed by atoms with Gasteiger partial charge in [0.25, 0.3) is 0 Å². The highest BCUT2D eigenvalue weighted by Crippen LogP contribution is 2.15. The van der Waals surface area contributed by atoms with E-state index in [0.717, 1.165) is 3.57 Å². The summed E-state index contributed by atoms with van der Waals surface area (Å²) in [6.07, 6.45) is 1.34. The highest BCUT2D eigenvalue weighted by Gasteiger charge is 1.98. The van der Waals surface area contributed by atoms with Crippen LogP contribution in [0.4, 0.5) is 11.6 Å². The third kappa shape index (κ3) is 3.69. The molecule has 0 saturated heterocycles. The highest BCUT2D eigenvalue weighted by molar-refractivity contribution is 14.1. The fraction of sp³-hybridized carbons (Fsp3) is 0. The monoisotopic (exact) mass is 282 g/mol. The molecule has 0 aliphatic carbocycles. The lowest BCUT2D eigenvalue weighted by Gasteiger charge is -1.96. The first-order valence-electron chi connectivity index (χ1n) is 2.86. The third-order valence-corrected chi connectivity index (χ3v) is 1.95. The zero-order chi connectivity index (χ0) is 9.56. The molecule has 0 bridgehead atoms. The first kappa shape index (κ1) is 11.4. The summed E-state index contributed by atoms with van der Waals surface area (Å²) in [6, 6.07) is 0. The summed E-state index contributed by atoms with van der Waals surface area (Å²) in [7, 11) is -0.750. The summed E-state index contributed by atoms with van der Waals surface area (Å²) in [4.78, 5) is 7.44. The molecule has 1 aromatic rings. The van der Waals surface area contributed by atoms with Crippen molar-refractivity contribution in [1.82, 2.24) is 9.97 Å². The lowest BCUT2D eigenvalue weighted by Crippen LogP contribution is -2.00. The van der Waals surface area contributed by atoms with Gasteiger partial charge in [-0.05, 0) is 22.6 Å². The van der Waals surface area contributed by atoms with Gasteiger partial charge in [0.1, 0.15) is 18.0 Å². The second-order valence-electron chi connectivity index (χ2n) is 1.60. The Morgan fingerprint density at radius 1 is 1.25 bits per heavy atom. The lowest BCUT2D eigenvalue weighted by molar-refractivity contribution is 0.448. The van der Waals surface area contributed by atoms with Crippen molar-refractivity contribution in [3.8, 4) is 0 Å². The van der Waals surface area contributed by atoms with Gasteiger partial charge >= 0.3 is 7.69 Å². The number of halogens is 1. The molecule has 8 heteroatoms. The van der Waals surface area contributed by atoms with Crippen LogP contribution in [0.5, 0.6) is 0 Å². The van der Waals surface area contributed by atoms with Crippen LogP contribution in [0.25, 0.3) is 0 Å². The summed E-state index contributed by atoms with van der Waals surface area (Å²) < 4.78 is 0.718. The minimum atomic E-state index is -0.750. The Balaban J connectivity index is 0.000000354. The fourth-order valence-corrected chi connectivity index (χ4v) is 0.676. The zero-order valence-electron chi connectivity index (χ0n) is 6.11. The number of hydrogen-bond acceptors (Lipinski definition) is 6. The van der Waals surface area contributed by atoms with Crippen LogP contribution in [0.2, 0.25) is 0 Å². The topological polar surface area (TPSA) is 118 Å². The van der Waals surface area contributed by atoms with Gasteiger partial charge in [-0.15, -0.1) is 0 Å². The molecule has 0 spiro atoms. The molecular formula is C4H8BIN4O2. The van der Waals surface area contributed by atoms with E-state index in [0.29, 0.717) is 11.6 Å². The molecule has 0 saturated carbocycles. The minimum absolute atomic E-state index is 0.433. The summed E-state index contributed by atoms with van der Waals surface area (Å²) >= 11 is 1.99. The largest absolute Gasteiger partial charge is 0.432 e. The van der Waals surface area contributed by atoms with Crippen LogP contribution in [0.1, 0.15) is 0 Å². The van der Waals surface area contributed by atoms with Gasteiger partial charge < -0.3 is 21.5 Å². The van der Waals surface area contributed by atoms with Crippen LogP contribution >= 0.6 is 22.6 Å². The van der Waals surface area contributed by atoms with Crippen LogP contribution in [0.3, 0.4) is 0 Å². The zero-order valence-corrected chi connectivity index (χ0v) is 8.26. The van der Waals surface area contributed by atoms with E-state index >= 15 is 0 Å². The second kappa shape index (κ2) is 5.97. The van der Waals surface area contributed by atoms with E-state index < -0.39 is 7.69 Å². The maximum Gasteiger partial charge on any atom is 0.432 e. The molecular weight excluding hydrogens is 274 g/mol. The summed E-state index contributed by atoms with van der Waals surface area (Å²) in [5.74, 6) is 0.867. The molecule has 0 atom stereocenters. The van der Waals surface area contributed by atoms with Gasteiger partial charge in [0, 0.05) is 0 Å². The molecule has 0 aromatic carbocycles. The Hall–Kier alpha value is -0.605. The van der Waals surface area contributed by atoms with Crippen molar-refractivity contribution in [2.75, 3.05) is 11.5 Å². The molecule has 66 valence electrons. The van der Waals surface area contributed by atoms with Gasteiger partial charge in [0.15, 0.2) is 0 Å². The first-order valence-corrected chi connectivity index (χ1v) is 3.94. The Morgan fingerprint density at radius 2 is 1.58 bits per heavy atom. The smallest absolute Gasteiger partial charge is 0.430 e. The standard InChI is InChI=1S/C4H5IN4.BH3O2/c5-2-3(6)8-1-9-4(2)7;2-1-3/h1H,(H4,6,7,8,9);1-3H. The van der Waals surface area contributed by atoms with Crippen molar-refractivity contribution in [3.05, 3.63) is 9.90 Å². The second-order valence-corrected chi connectivity index (χ2v) is 2.68. The molecule has 0 amide bonds. The average molecular weight is 282 g/mol. The summed E-state index contributed by atoms with van der Waals surface area (Å²) in [5.41, 5.74) is 10.8. The van der Waals surface area contributed by atoms with Gasteiger partial charge in [-0.3, -0.25) is 0 Å². The molecule has 12 heavy (non-hydrogen) atoms. The van der Waals surface area contributed by atoms with Gasteiger partial charge in [0.2, 0.25) is 0 Å². The Kier molecular flexibility index (Phi) is 5.67. The van der Waals surface area contributed by atoms with Crippen molar-refractivity contribution >= 4 is 41.9 Å². The highest BCUT2D eigenvalue weighted by atomic mass is 127. The Labute approximate surface area is 83.5 Å². The molecule has 6 nitrogen and oxygen atoms in total. The summed E-state index contributed by atoms with van der Waals surface area (Å²) in [5, 5.41) is 14.2. The SMILES string of the molecule is Nc1ncnc(N)c1I.OBO. The van der Waals surface area contributed by atoms with Crippen molar-refractivity contribution in [3.63, 3.8) is 0 Å². The maximum atomic E-state index is 7.12. The lowest BCUT2D eigenvalue weighted by atomic mass is 10.5. The number of aromatic nitrogens is 2. The van der Waals surface area contributed by atoms with E-state index in [2.05, 4.69) is 9.97 Å². The maximum absolute atomic E-state index is 7.12. The van der Waals surface area contributed by atoms with Crippen molar-refractivity contribution < 1.29 is 10.0 Å². The van der Waals surface area contributed by atoms with Gasteiger partial charge in [0.05, 0.1) is 3.57 Å². The third-order valence-electron chi connectivity index (χ3n) is 0.843. The number of anilines is 2. The quantitative estimate of drug-likeness (QED) is 0.339. The van der Waals surface area contributed by atoms with Crippen LogP contribution in [-0.2, 0) is 0 Å². The van der Waals surface area contributed by atoms with Crippen LogP contribution in [0, 0.1) is 3.57 Å². The van der Waals surface area contributed by atoms with Crippen molar-refractivity contribution in [2.24, 2.45) is 0 Å². The number of rotatable bonds is 0. The summed E-state index contributed by atoms with van der Waals surface area (Å²) in [6.45, 7) is 0. The minimum Gasteiger partial charge on any atom is -0.430 e. The van der Waals surface area contributed by atoms with Crippen LogP contribution < -0.4 is 11.5 Å². The van der Waals surface area contributed by atoms with Crippen LogP contribution in [0.15, 0.2) is 6.33 Å². The van der Waals surface area contributed by atoms with E-state index in [1.165, 1.54) is 6.33 Å². The van der Waals surface area contributed by atoms with Gasteiger partial charge in [-0.1, -0.05) is 0 Å². The molecule has 0 unspecified atom stereocenters. The number of nitrogens with zero attached hydrogens (tertiary/aromatic N) is 2. The van der Waals surface area contributed by atoms with E-state index in [4.69, 9.17) is 21.5 Å². The molecule has 1 rings (SSSR count). The molecule has 0 aliphatic heterocycles. The van der Waals surface area contributed by atoms with Crippen molar-refractivity contribution in [1.29, 1.82) is 0 Å². The number of nitrogen functional groups attached to an aromatic ring is 2. The van der Waals surface area contributed by atoms with E-state index in [1.807, 2.05) is 22.6 Å². The Morgan fingerprint density at radius 3 is 1.83 bits per heavy atom. The van der Waals surface area contributed by atoms with Crippen LogP contribution in [-0.4, -0.2) is 27.7 Å². The van der Waals surface area contributed by atoms with Crippen molar-refractivity contribution in [2.45, 2.75) is 0 Å². The van der Waals surface area contributed by atoms with E-state index in [-0.39, 0.29) is 0 Å². The molecule has 1 aromatic heterocycles. The fourth-order valence-electron chi connectivity index (χ4n) is 0.398. The average Bonchev–Trinajstić information content (AvgIpc) is 2.02. The predicted octanol–water partition coefficient (Wildman–Crippen LogP) is -1.52. The molecule has 6 N–H and O–H groups in total. The molecule has 0 fully saturated rings. The Bertz CT molecular complexity index is 228. The number of nitrogens with two attached hydrogens (primary N) is 2. The number of hydrogen-bond donors (Lipinski definition) is 4. The molecule has 0 aliphatic rings. The predicted molar refractivity (Wildman–Crippen MR) is 55.2 cm³/mol.